The number of hydrogen-bond acceptors (Lipinski definition) is 4. The lowest BCUT2D eigenvalue weighted by atomic mass is 10.3. The SMILES string of the molecule is O=[N+]([O-])c1[c]cccc1[N+](=O)[O-]. The standard InChI is InChI=1S/C6H3N2O4/c9-7(10)5-3-1-2-4-6(5)8(11)12/h1-3H. The van der Waals surface area contributed by atoms with Crippen LogP contribution in [0.25, 0.3) is 0 Å². The maximum atomic E-state index is 10.2. The molecule has 0 saturated heterocycles. The van der Waals surface area contributed by atoms with E-state index in [4.69, 9.17) is 0 Å². The van der Waals surface area contributed by atoms with Crippen molar-refractivity contribution in [2.45, 2.75) is 0 Å². The van der Waals surface area contributed by atoms with E-state index in [1.165, 1.54) is 12.1 Å². The zero-order chi connectivity index (χ0) is 9.14. The van der Waals surface area contributed by atoms with Gasteiger partial charge in [0.25, 0.3) is 0 Å². The molecule has 0 aliphatic rings. The van der Waals surface area contributed by atoms with Gasteiger partial charge in [-0.2, -0.15) is 0 Å². The Kier molecular flexibility index (Phi) is 2.00. The van der Waals surface area contributed by atoms with Crippen LogP contribution in [0.3, 0.4) is 0 Å². The molecule has 0 fully saturated rings. The molecule has 6 nitrogen and oxygen atoms in total. The summed E-state index contributed by atoms with van der Waals surface area (Å²) in [7, 11) is 0. The number of nitro groups is 2. The second-order valence-electron chi connectivity index (χ2n) is 1.92. The first-order valence-corrected chi connectivity index (χ1v) is 2.92. The molecule has 0 unspecified atom stereocenters. The molecule has 0 aliphatic heterocycles. The van der Waals surface area contributed by atoms with E-state index in [1.54, 1.807) is 0 Å². The topological polar surface area (TPSA) is 86.3 Å². The summed E-state index contributed by atoms with van der Waals surface area (Å²) < 4.78 is 0. The number of para-hydroxylation sites is 1. The monoisotopic (exact) mass is 167 g/mol. The third kappa shape index (κ3) is 1.36. The van der Waals surface area contributed by atoms with E-state index in [0.29, 0.717) is 0 Å². The molecule has 0 heterocycles. The second-order valence-corrected chi connectivity index (χ2v) is 1.92. The van der Waals surface area contributed by atoms with Crippen LogP contribution in [-0.4, -0.2) is 9.85 Å². The predicted octanol–water partition coefficient (Wildman–Crippen LogP) is 1.30. The minimum absolute atomic E-state index is 0.539. The molecule has 0 spiro atoms. The molecule has 0 aromatic heterocycles. The Morgan fingerprint density at radius 3 is 2.33 bits per heavy atom. The van der Waals surface area contributed by atoms with Crippen LogP contribution in [0.15, 0.2) is 18.2 Å². The first-order chi connectivity index (χ1) is 5.63. The lowest BCUT2D eigenvalue weighted by Gasteiger charge is -1.91. The van der Waals surface area contributed by atoms with E-state index >= 15 is 0 Å². The predicted molar refractivity (Wildman–Crippen MR) is 38.6 cm³/mol. The molecular weight excluding hydrogens is 164 g/mol. The van der Waals surface area contributed by atoms with Crippen LogP contribution >= 0.6 is 0 Å². The average Bonchev–Trinajstić information content (AvgIpc) is 2.04. The van der Waals surface area contributed by atoms with Crippen molar-refractivity contribution < 1.29 is 9.85 Å². The molecule has 1 rings (SSSR count). The highest BCUT2D eigenvalue weighted by atomic mass is 16.6. The third-order valence-electron chi connectivity index (χ3n) is 1.19. The van der Waals surface area contributed by atoms with Gasteiger partial charge in [0.1, 0.15) is 0 Å². The Balaban J connectivity index is 3.27. The minimum atomic E-state index is -0.835. The maximum absolute atomic E-state index is 10.2. The maximum Gasteiger partial charge on any atom is 0.354 e. The van der Waals surface area contributed by atoms with E-state index in [0.717, 1.165) is 6.07 Å². The number of benzene rings is 1. The summed E-state index contributed by atoms with van der Waals surface area (Å²) in [5.74, 6) is 0. The molecule has 12 heavy (non-hydrogen) atoms. The van der Waals surface area contributed by atoms with Crippen LogP contribution in [0, 0.1) is 26.3 Å². The Hall–Kier alpha value is -1.98. The zero-order valence-electron chi connectivity index (χ0n) is 5.76. The number of rotatable bonds is 2. The highest BCUT2D eigenvalue weighted by Crippen LogP contribution is 2.24. The molecule has 61 valence electrons. The van der Waals surface area contributed by atoms with Crippen molar-refractivity contribution >= 4 is 11.4 Å². The summed E-state index contributed by atoms with van der Waals surface area (Å²) in [4.78, 5) is 18.8. The van der Waals surface area contributed by atoms with E-state index in [9.17, 15) is 20.2 Å². The smallest absolute Gasteiger partial charge is 0.258 e. The third-order valence-corrected chi connectivity index (χ3v) is 1.19. The van der Waals surface area contributed by atoms with E-state index in [1.807, 2.05) is 0 Å². The van der Waals surface area contributed by atoms with Gasteiger partial charge in [-0.05, 0) is 6.07 Å². The summed E-state index contributed by atoms with van der Waals surface area (Å²) in [5.41, 5.74) is -1.15. The van der Waals surface area contributed by atoms with Crippen molar-refractivity contribution in [2.24, 2.45) is 0 Å². The fourth-order valence-electron chi connectivity index (χ4n) is 0.713. The number of nitro benzene ring substituents is 2. The Morgan fingerprint density at radius 1 is 1.25 bits per heavy atom. The molecule has 0 N–H and O–H groups in total. The van der Waals surface area contributed by atoms with Crippen molar-refractivity contribution in [3.63, 3.8) is 0 Å². The van der Waals surface area contributed by atoms with Crippen molar-refractivity contribution in [3.8, 4) is 0 Å². The van der Waals surface area contributed by atoms with E-state index in [2.05, 4.69) is 6.07 Å². The van der Waals surface area contributed by atoms with Gasteiger partial charge in [0.05, 0.1) is 15.9 Å². The van der Waals surface area contributed by atoms with Crippen LogP contribution in [0.4, 0.5) is 11.4 Å². The van der Waals surface area contributed by atoms with Gasteiger partial charge in [0.15, 0.2) is 0 Å². The molecule has 0 saturated carbocycles. The summed E-state index contributed by atoms with van der Waals surface area (Å²) in [6, 6.07) is 5.82. The van der Waals surface area contributed by atoms with Gasteiger partial charge in [-0.25, -0.2) is 0 Å². The second kappa shape index (κ2) is 2.95. The van der Waals surface area contributed by atoms with Gasteiger partial charge in [-0.15, -0.1) is 0 Å². The molecule has 0 amide bonds. The Bertz CT molecular complexity index is 303. The van der Waals surface area contributed by atoms with Crippen LogP contribution in [0.2, 0.25) is 0 Å². The first kappa shape index (κ1) is 8.12. The normalized spacial score (nSPS) is 9.33. The molecule has 1 aromatic rings. The first-order valence-electron chi connectivity index (χ1n) is 2.92. The van der Waals surface area contributed by atoms with Crippen LogP contribution in [-0.2, 0) is 0 Å². The van der Waals surface area contributed by atoms with Gasteiger partial charge in [-0.1, -0.05) is 6.07 Å². The Labute approximate surface area is 66.7 Å². The van der Waals surface area contributed by atoms with Crippen molar-refractivity contribution in [2.75, 3.05) is 0 Å². The van der Waals surface area contributed by atoms with Gasteiger partial charge < -0.3 is 0 Å². The molecule has 0 aliphatic carbocycles. The molecule has 1 radical (unpaired) electrons. The molecule has 0 atom stereocenters. The van der Waals surface area contributed by atoms with Crippen molar-refractivity contribution in [3.05, 3.63) is 44.5 Å². The molecule has 1 aromatic carbocycles. The minimum Gasteiger partial charge on any atom is -0.258 e. The average molecular weight is 167 g/mol. The summed E-state index contributed by atoms with van der Waals surface area (Å²) in [5, 5.41) is 20.4. The molecule has 0 bridgehead atoms. The molecular formula is C6H3N2O4. The Morgan fingerprint density at radius 2 is 1.92 bits per heavy atom. The number of hydrogen-bond donors (Lipinski definition) is 0. The largest absolute Gasteiger partial charge is 0.354 e. The van der Waals surface area contributed by atoms with Crippen LogP contribution in [0.1, 0.15) is 0 Å². The summed E-state index contributed by atoms with van der Waals surface area (Å²) >= 11 is 0. The van der Waals surface area contributed by atoms with Crippen LogP contribution < -0.4 is 0 Å². The van der Waals surface area contributed by atoms with Crippen molar-refractivity contribution in [1.82, 2.24) is 0 Å². The van der Waals surface area contributed by atoms with Gasteiger partial charge in [0, 0.05) is 6.07 Å². The van der Waals surface area contributed by atoms with E-state index < -0.39 is 21.2 Å². The van der Waals surface area contributed by atoms with Gasteiger partial charge in [0.2, 0.25) is 0 Å². The van der Waals surface area contributed by atoms with Gasteiger partial charge >= 0.3 is 11.4 Å². The highest BCUT2D eigenvalue weighted by Gasteiger charge is 2.22. The summed E-state index contributed by atoms with van der Waals surface area (Å²) in [6.07, 6.45) is 0. The molecule has 6 heteroatoms. The lowest BCUT2D eigenvalue weighted by molar-refractivity contribution is -0.422. The summed E-state index contributed by atoms with van der Waals surface area (Å²) in [6.45, 7) is 0. The fraction of sp³-hybridized carbons (Fsp3) is 0. The fourth-order valence-corrected chi connectivity index (χ4v) is 0.713. The van der Waals surface area contributed by atoms with Gasteiger partial charge in [-0.3, -0.25) is 20.2 Å². The van der Waals surface area contributed by atoms with Crippen LogP contribution in [0.5, 0.6) is 0 Å². The number of nitrogens with zero attached hydrogens (tertiary/aromatic N) is 2. The van der Waals surface area contributed by atoms with E-state index in [-0.39, 0.29) is 0 Å². The highest BCUT2D eigenvalue weighted by molar-refractivity contribution is 5.50. The quantitative estimate of drug-likeness (QED) is 0.490. The lowest BCUT2D eigenvalue weighted by Crippen LogP contribution is -1.95. The van der Waals surface area contributed by atoms with Crippen molar-refractivity contribution in [1.29, 1.82) is 0 Å². The zero-order valence-corrected chi connectivity index (χ0v) is 5.76.